The van der Waals surface area contributed by atoms with Crippen molar-refractivity contribution in [3.8, 4) is 0 Å². The minimum Gasteiger partial charge on any atom is -0.374 e. The summed E-state index contributed by atoms with van der Waals surface area (Å²) >= 11 is 0. The van der Waals surface area contributed by atoms with Crippen LogP contribution in [0, 0.1) is 11.7 Å². The van der Waals surface area contributed by atoms with E-state index in [1.807, 2.05) is 0 Å². The van der Waals surface area contributed by atoms with E-state index in [9.17, 15) is 9.18 Å². The lowest BCUT2D eigenvalue weighted by Gasteiger charge is -2.24. The predicted octanol–water partition coefficient (Wildman–Crippen LogP) is 3.24. The van der Waals surface area contributed by atoms with Gasteiger partial charge in [-0.05, 0) is 18.9 Å². The summed E-state index contributed by atoms with van der Waals surface area (Å²) in [6.45, 7) is 4.05. The van der Waals surface area contributed by atoms with Crippen molar-refractivity contribution in [1.29, 1.82) is 0 Å². The maximum atomic E-state index is 14.0. The number of nitrogens with zero attached hydrogens (tertiary/aromatic N) is 1. The lowest BCUT2D eigenvalue weighted by atomic mass is 10.0. The molecule has 3 rings (SSSR count). The van der Waals surface area contributed by atoms with Crippen LogP contribution < -0.4 is 0 Å². The highest BCUT2D eigenvalue weighted by Gasteiger charge is 2.35. The van der Waals surface area contributed by atoms with Crippen LogP contribution in [-0.4, -0.2) is 23.8 Å². The van der Waals surface area contributed by atoms with Crippen molar-refractivity contribution in [3.05, 3.63) is 41.3 Å². The molecule has 1 aliphatic carbocycles. The second-order valence-electron chi connectivity index (χ2n) is 5.46. The largest absolute Gasteiger partial charge is 0.374 e. The van der Waals surface area contributed by atoms with Gasteiger partial charge < -0.3 is 4.90 Å². The van der Waals surface area contributed by atoms with Crippen LogP contribution in [0.4, 0.5) is 4.39 Å². The Balaban J connectivity index is 2.12. The molecule has 3 heteroatoms. The molecule has 0 amide bonds. The van der Waals surface area contributed by atoms with Crippen molar-refractivity contribution in [3.63, 3.8) is 0 Å². The molecule has 1 saturated heterocycles. The number of benzene rings is 1. The molecule has 0 N–H and O–H groups in total. The van der Waals surface area contributed by atoms with Gasteiger partial charge in [0.1, 0.15) is 5.82 Å². The number of Topliss-reactive ketones (excluding diaryl/α,β-unsaturated/α-hetero) is 1. The monoisotopic (exact) mass is 259 g/mol. The van der Waals surface area contributed by atoms with Gasteiger partial charge in [-0.15, -0.1) is 0 Å². The van der Waals surface area contributed by atoms with Gasteiger partial charge in [-0.3, -0.25) is 4.79 Å². The highest BCUT2D eigenvalue weighted by atomic mass is 19.1. The summed E-state index contributed by atoms with van der Waals surface area (Å²) in [5.41, 5.74) is 2.15. The topological polar surface area (TPSA) is 20.3 Å². The molecule has 19 heavy (non-hydrogen) atoms. The summed E-state index contributed by atoms with van der Waals surface area (Å²) in [5, 5.41) is 0. The van der Waals surface area contributed by atoms with Gasteiger partial charge in [-0.2, -0.15) is 0 Å². The van der Waals surface area contributed by atoms with E-state index < -0.39 is 0 Å². The average Bonchev–Trinajstić information content (AvgIpc) is 2.98. The zero-order chi connectivity index (χ0) is 13.4. The molecule has 0 radical (unpaired) electrons. The number of carbonyl (C=O) groups is 1. The highest BCUT2D eigenvalue weighted by Crippen LogP contribution is 2.39. The Morgan fingerprint density at radius 3 is 2.58 bits per heavy atom. The van der Waals surface area contributed by atoms with Crippen LogP contribution >= 0.6 is 0 Å². The number of carbonyl (C=O) groups excluding carboxylic acids is 1. The minimum atomic E-state index is -0.295. The molecule has 1 atom stereocenters. The van der Waals surface area contributed by atoms with E-state index in [4.69, 9.17) is 0 Å². The molecule has 2 nitrogen and oxygen atoms in total. The van der Waals surface area contributed by atoms with Gasteiger partial charge in [0.15, 0.2) is 5.78 Å². The fourth-order valence-corrected chi connectivity index (χ4v) is 3.25. The zero-order valence-corrected chi connectivity index (χ0v) is 11.2. The lowest BCUT2D eigenvalue weighted by molar-refractivity contribution is -0.113. The summed E-state index contributed by atoms with van der Waals surface area (Å²) in [4.78, 5) is 14.5. The molecular formula is C16H18FNO. The number of ketones is 1. The standard InChI is InChI=1S/C16H18FNO/c1-11-10-14(19)15(12-6-2-3-7-13(12)17)16(11)18-8-4-5-9-18/h2-3,6-7,11H,4-5,8-10H2,1H3. The van der Waals surface area contributed by atoms with Crippen LogP contribution in [0.5, 0.6) is 0 Å². The minimum absolute atomic E-state index is 0.0829. The Morgan fingerprint density at radius 2 is 1.89 bits per heavy atom. The van der Waals surface area contributed by atoms with Crippen LogP contribution in [0.15, 0.2) is 30.0 Å². The number of likely N-dealkylation sites (tertiary alicyclic amines) is 1. The maximum absolute atomic E-state index is 14.0. The summed E-state index contributed by atoms with van der Waals surface area (Å²) in [6.07, 6.45) is 2.83. The summed E-state index contributed by atoms with van der Waals surface area (Å²) in [7, 11) is 0. The third kappa shape index (κ3) is 2.07. The van der Waals surface area contributed by atoms with Crippen molar-refractivity contribution in [2.45, 2.75) is 26.2 Å². The SMILES string of the molecule is CC1CC(=O)C(c2ccccc2F)=C1N1CCCC1. The lowest BCUT2D eigenvalue weighted by Crippen LogP contribution is -2.22. The highest BCUT2D eigenvalue weighted by molar-refractivity contribution is 6.24. The predicted molar refractivity (Wildman–Crippen MR) is 72.9 cm³/mol. The van der Waals surface area contributed by atoms with Gasteiger partial charge in [0.05, 0.1) is 0 Å². The fraction of sp³-hybridized carbons (Fsp3) is 0.438. The first-order valence-electron chi connectivity index (χ1n) is 6.95. The van der Waals surface area contributed by atoms with Crippen LogP contribution in [0.2, 0.25) is 0 Å². The molecule has 1 aliphatic heterocycles. The molecule has 1 fully saturated rings. The van der Waals surface area contributed by atoms with E-state index in [1.165, 1.54) is 6.07 Å². The molecule has 0 saturated carbocycles. The molecule has 0 aromatic heterocycles. The molecule has 1 aromatic rings. The van der Waals surface area contributed by atoms with Crippen LogP contribution in [0.25, 0.3) is 5.57 Å². The Bertz CT molecular complexity index is 543. The first-order chi connectivity index (χ1) is 9.18. The quantitative estimate of drug-likeness (QED) is 0.812. The van der Waals surface area contributed by atoms with E-state index in [0.29, 0.717) is 17.6 Å². The van der Waals surface area contributed by atoms with Crippen LogP contribution in [0.1, 0.15) is 31.7 Å². The molecule has 0 spiro atoms. The van der Waals surface area contributed by atoms with Crippen molar-refractivity contribution in [2.24, 2.45) is 5.92 Å². The summed E-state index contributed by atoms with van der Waals surface area (Å²) < 4.78 is 14.0. The second-order valence-corrected chi connectivity index (χ2v) is 5.46. The van der Waals surface area contributed by atoms with Gasteiger partial charge in [0.25, 0.3) is 0 Å². The Kier molecular flexibility index (Phi) is 3.13. The molecule has 1 unspecified atom stereocenters. The molecule has 2 aliphatic rings. The van der Waals surface area contributed by atoms with E-state index in [1.54, 1.807) is 18.2 Å². The number of hydrogen-bond acceptors (Lipinski definition) is 2. The molecule has 0 bridgehead atoms. The average molecular weight is 259 g/mol. The Hall–Kier alpha value is -1.64. The Morgan fingerprint density at radius 1 is 1.21 bits per heavy atom. The van der Waals surface area contributed by atoms with Gasteiger partial charge >= 0.3 is 0 Å². The van der Waals surface area contributed by atoms with E-state index in [-0.39, 0.29) is 17.5 Å². The van der Waals surface area contributed by atoms with Crippen molar-refractivity contribution < 1.29 is 9.18 Å². The summed E-state index contributed by atoms with van der Waals surface area (Å²) in [6, 6.07) is 6.61. The number of halogens is 1. The Labute approximate surface area is 112 Å². The number of allylic oxidation sites excluding steroid dienone is 2. The summed E-state index contributed by atoms with van der Waals surface area (Å²) in [5.74, 6) is -0.00338. The fourth-order valence-electron chi connectivity index (χ4n) is 3.25. The normalized spacial score (nSPS) is 23.6. The molecular weight excluding hydrogens is 241 g/mol. The maximum Gasteiger partial charge on any atom is 0.165 e. The van der Waals surface area contributed by atoms with Crippen LogP contribution in [-0.2, 0) is 4.79 Å². The van der Waals surface area contributed by atoms with E-state index >= 15 is 0 Å². The van der Waals surface area contributed by atoms with Gasteiger partial charge in [0, 0.05) is 42.3 Å². The molecule has 1 aromatic carbocycles. The van der Waals surface area contributed by atoms with Gasteiger partial charge in [-0.1, -0.05) is 25.1 Å². The number of rotatable bonds is 2. The van der Waals surface area contributed by atoms with Crippen molar-refractivity contribution in [2.75, 3.05) is 13.1 Å². The van der Waals surface area contributed by atoms with Crippen LogP contribution in [0.3, 0.4) is 0 Å². The first-order valence-corrected chi connectivity index (χ1v) is 6.95. The zero-order valence-electron chi connectivity index (χ0n) is 11.2. The third-order valence-electron chi connectivity index (χ3n) is 4.08. The molecule has 1 heterocycles. The smallest absolute Gasteiger partial charge is 0.165 e. The van der Waals surface area contributed by atoms with Gasteiger partial charge in [0.2, 0.25) is 0 Å². The van der Waals surface area contributed by atoms with Gasteiger partial charge in [-0.25, -0.2) is 4.39 Å². The van der Waals surface area contributed by atoms with Crippen molar-refractivity contribution >= 4 is 11.4 Å². The third-order valence-corrected chi connectivity index (χ3v) is 4.08. The second kappa shape index (κ2) is 4.80. The number of hydrogen-bond donors (Lipinski definition) is 0. The van der Waals surface area contributed by atoms with Crippen molar-refractivity contribution in [1.82, 2.24) is 4.90 Å². The first kappa shape index (κ1) is 12.4. The molecule has 100 valence electrons. The van der Waals surface area contributed by atoms with E-state index in [0.717, 1.165) is 31.6 Å². The van der Waals surface area contributed by atoms with E-state index in [2.05, 4.69) is 11.8 Å².